The first-order valence-corrected chi connectivity index (χ1v) is 6.18. The van der Waals surface area contributed by atoms with Crippen molar-refractivity contribution in [3.63, 3.8) is 0 Å². The van der Waals surface area contributed by atoms with Crippen molar-refractivity contribution < 1.29 is 0 Å². The molecule has 0 bridgehead atoms. The number of fused-ring (bicyclic) bond motifs is 1. The van der Waals surface area contributed by atoms with Crippen LogP contribution in [-0.4, -0.2) is 16.7 Å². The molecule has 0 saturated carbocycles. The van der Waals surface area contributed by atoms with E-state index in [1.807, 2.05) is 12.1 Å². The van der Waals surface area contributed by atoms with Crippen molar-refractivity contribution in [2.24, 2.45) is 0 Å². The molecule has 0 amide bonds. The summed E-state index contributed by atoms with van der Waals surface area (Å²) in [7, 11) is 0. The molecule has 2 N–H and O–H groups in total. The molecule has 1 aromatic heterocycles. The van der Waals surface area contributed by atoms with E-state index in [4.69, 9.17) is 0 Å². The number of aromatic nitrogens is 2. The molecule has 1 aliphatic heterocycles. The first-order valence-electron chi connectivity index (χ1n) is 6.18. The summed E-state index contributed by atoms with van der Waals surface area (Å²) in [6, 6.07) is 8.17. The Bertz CT molecular complexity index is 628. The normalized spacial score (nSPS) is 13.8. The molecule has 0 unspecified atom stereocenters. The van der Waals surface area contributed by atoms with Crippen LogP contribution in [0, 0.1) is 6.92 Å². The van der Waals surface area contributed by atoms with Crippen molar-refractivity contribution >= 4 is 5.69 Å². The van der Waals surface area contributed by atoms with Crippen LogP contribution in [0.4, 0.5) is 5.69 Å². The molecule has 2 aromatic rings. The van der Waals surface area contributed by atoms with Crippen molar-refractivity contribution in [3.05, 3.63) is 45.7 Å². The van der Waals surface area contributed by atoms with E-state index in [2.05, 4.69) is 34.6 Å². The SMILES string of the molecule is Cc1ccc(-c2n[nH]c(=O)c3c2NCCC3)cc1. The molecule has 0 radical (unpaired) electrons. The Balaban J connectivity index is 2.18. The zero-order chi connectivity index (χ0) is 12.5. The number of nitrogens with zero attached hydrogens (tertiary/aromatic N) is 1. The molecule has 3 rings (SSSR count). The van der Waals surface area contributed by atoms with Crippen LogP contribution < -0.4 is 10.9 Å². The Morgan fingerprint density at radius 2 is 2.00 bits per heavy atom. The lowest BCUT2D eigenvalue weighted by atomic mass is 10.0. The van der Waals surface area contributed by atoms with Gasteiger partial charge in [0.25, 0.3) is 5.56 Å². The molecule has 0 aliphatic carbocycles. The minimum absolute atomic E-state index is 0.0759. The maximum absolute atomic E-state index is 11.7. The van der Waals surface area contributed by atoms with Crippen molar-refractivity contribution in [1.29, 1.82) is 0 Å². The summed E-state index contributed by atoms with van der Waals surface area (Å²) in [5.74, 6) is 0. The van der Waals surface area contributed by atoms with Gasteiger partial charge in [-0.2, -0.15) is 5.10 Å². The predicted molar refractivity (Wildman–Crippen MR) is 71.8 cm³/mol. The Hall–Kier alpha value is -2.10. The van der Waals surface area contributed by atoms with Gasteiger partial charge in [0.05, 0.1) is 5.69 Å². The van der Waals surface area contributed by atoms with Crippen molar-refractivity contribution in [2.75, 3.05) is 11.9 Å². The van der Waals surface area contributed by atoms with Gasteiger partial charge < -0.3 is 5.32 Å². The average molecular weight is 241 g/mol. The highest BCUT2D eigenvalue weighted by atomic mass is 16.1. The summed E-state index contributed by atoms with van der Waals surface area (Å²) in [5.41, 5.74) is 4.73. The Morgan fingerprint density at radius 1 is 1.22 bits per heavy atom. The van der Waals surface area contributed by atoms with Crippen LogP contribution in [0.25, 0.3) is 11.3 Å². The van der Waals surface area contributed by atoms with Crippen molar-refractivity contribution in [3.8, 4) is 11.3 Å². The van der Waals surface area contributed by atoms with Crippen LogP contribution >= 0.6 is 0 Å². The fourth-order valence-electron chi connectivity index (χ4n) is 2.31. The van der Waals surface area contributed by atoms with E-state index in [1.54, 1.807) is 0 Å². The third-order valence-corrected chi connectivity index (χ3v) is 3.31. The Labute approximate surface area is 105 Å². The standard InChI is InChI=1S/C14H15N3O/c1-9-4-6-10(7-5-9)12-13-11(3-2-8-15-13)14(18)17-16-12/h4-7,15H,2-3,8H2,1H3,(H,17,18). The van der Waals surface area contributed by atoms with Gasteiger partial charge in [-0.05, 0) is 19.8 Å². The number of H-pyrrole nitrogens is 1. The molecule has 0 fully saturated rings. The van der Waals surface area contributed by atoms with Gasteiger partial charge in [0.2, 0.25) is 0 Å². The Morgan fingerprint density at radius 3 is 2.78 bits per heavy atom. The molecular weight excluding hydrogens is 226 g/mol. The lowest BCUT2D eigenvalue weighted by molar-refractivity contribution is 0.799. The number of rotatable bonds is 1. The highest BCUT2D eigenvalue weighted by Crippen LogP contribution is 2.29. The van der Waals surface area contributed by atoms with Crippen molar-refractivity contribution in [2.45, 2.75) is 19.8 Å². The molecule has 4 heteroatoms. The van der Waals surface area contributed by atoms with Crippen LogP contribution in [0.2, 0.25) is 0 Å². The number of aryl methyl sites for hydroxylation is 1. The molecule has 18 heavy (non-hydrogen) atoms. The van der Waals surface area contributed by atoms with Crippen LogP contribution in [-0.2, 0) is 6.42 Å². The van der Waals surface area contributed by atoms with Crippen molar-refractivity contribution in [1.82, 2.24) is 10.2 Å². The topological polar surface area (TPSA) is 57.8 Å². The van der Waals surface area contributed by atoms with E-state index < -0.39 is 0 Å². The van der Waals surface area contributed by atoms with Gasteiger partial charge in [0.15, 0.2) is 0 Å². The van der Waals surface area contributed by atoms with E-state index in [9.17, 15) is 4.79 Å². The smallest absolute Gasteiger partial charge is 0.269 e. The van der Waals surface area contributed by atoms with Crippen LogP contribution in [0.3, 0.4) is 0 Å². The molecule has 0 spiro atoms. The molecule has 0 atom stereocenters. The van der Waals surface area contributed by atoms with E-state index >= 15 is 0 Å². The summed E-state index contributed by atoms with van der Waals surface area (Å²) < 4.78 is 0. The predicted octanol–water partition coefficient (Wildman–Crippen LogP) is 2.10. The highest BCUT2D eigenvalue weighted by molar-refractivity contribution is 5.76. The zero-order valence-electron chi connectivity index (χ0n) is 10.3. The number of hydrogen-bond acceptors (Lipinski definition) is 3. The van der Waals surface area contributed by atoms with E-state index in [-0.39, 0.29) is 5.56 Å². The molecule has 0 saturated heterocycles. The maximum atomic E-state index is 11.7. The van der Waals surface area contributed by atoms with Gasteiger partial charge >= 0.3 is 0 Å². The monoisotopic (exact) mass is 241 g/mol. The molecule has 1 aromatic carbocycles. The number of aromatic amines is 1. The van der Waals surface area contributed by atoms with E-state index in [0.29, 0.717) is 0 Å². The second-order valence-electron chi connectivity index (χ2n) is 4.65. The summed E-state index contributed by atoms with van der Waals surface area (Å²) >= 11 is 0. The van der Waals surface area contributed by atoms with E-state index in [1.165, 1.54) is 5.56 Å². The summed E-state index contributed by atoms with van der Waals surface area (Å²) in [6.45, 7) is 2.95. The molecule has 1 aliphatic rings. The fraction of sp³-hybridized carbons (Fsp3) is 0.286. The summed E-state index contributed by atoms with van der Waals surface area (Å²) in [4.78, 5) is 11.7. The maximum Gasteiger partial charge on any atom is 0.269 e. The number of anilines is 1. The minimum atomic E-state index is -0.0759. The van der Waals surface area contributed by atoms with Gasteiger partial charge in [-0.25, -0.2) is 5.10 Å². The third kappa shape index (κ3) is 1.79. The molecular formula is C14H15N3O. The second-order valence-corrected chi connectivity index (χ2v) is 4.65. The summed E-state index contributed by atoms with van der Waals surface area (Å²) in [6.07, 6.45) is 1.81. The first kappa shape index (κ1) is 11.0. The number of benzene rings is 1. The number of hydrogen-bond donors (Lipinski definition) is 2. The summed E-state index contributed by atoms with van der Waals surface area (Å²) in [5, 5.41) is 10.1. The van der Waals surface area contributed by atoms with E-state index in [0.717, 1.165) is 41.9 Å². The van der Waals surface area contributed by atoms with Gasteiger partial charge in [0.1, 0.15) is 5.69 Å². The van der Waals surface area contributed by atoms with Gasteiger partial charge in [0, 0.05) is 17.7 Å². The van der Waals surface area contributed by atoms with Gasteiger partial charge in [-0.3, -0.25) is 4.79 Å². The minimum Gasteiger partial charge on any atom is -0.383 e. The van der Waals surface area contributed by atoms with Gasteiger partial charge in [-0.15, -0.1) is 0 Å². The lowest BCUT2D eigenvalue weighted by Crippen LogP contribution is -2.24. The highest BCUT2D eigenvalue weighted by Gasteiger charge is 2.18. The van der Waals surface area contributed by atoms with Crippen LogP contribution in [0.15, 0.2) is 29.1 Å². The largest absolute Gasteiger partial charge is 0.383 e. The Kier molecular flexibility index (Phi) is 2.63. The van der Waals surface area contributed by atoms with Gasteiger partial charge in [-0.1, -0.05) is 29.8 Å². The third-order valence-electron chi connectivity index (χ3n) is 3.31. The molecule has 2 heterocycles. The second kappa shape index (κ2) is 4.29. The average Bonchev–Trinajstić information content (AvgIpc) is 2.41. The molecule has 4 nitrogen and oxygen atoms in total. The zero-order valence-corrected chi connectivity index (χ0v) is 10.3. The quantitative estimate of drug-likeness (QED) is 0.804. The lowest BCUT2D eigenvalue weighted by Gasteiger charge is -2.19. The van der Waals surface area contributed by atoms with Crippen LogP contribution in [0.5, 0.6) is 0 Å². The van der Waals surface area contributed by atoms with Crippen LogP contribution in [0.1, 0.15) is 17.5 Å². The first-order chi connectivity index (χ1) is 8.75. The fourth-order valence-corrected chi connectivity index (χ4v) is 2.31. The molecule has 92 valence electrons. The number of nitrogens with one attached hydrogen (secondary N) is 2.